The SMILES string of the molecule is COc1ccccc1CN1CCC2(CC1)CC(O)c1ccccc1O2. The van der Waals surface area contributed by atoms with Crippen molar-refractivity contribution in [1.82, 2.24) is 4.90 Å². The van der Waals surface area contributed by atoms with Crippen molar-refractivity contribution in [2.75, 3.05) is 20.2 Å². The summed E-state index contributed by atoms with van der Waals surface area (Å²) in [5.74, 6) is 1.79. The summed E-state index contributed by atoms with van der Waals surface area (Å²) >= 11 is 0. The molecule has 1 spiro atoms. The van der Waals surface area contributed by atoms with Crippen LogP contribution in [0.2, 0.25) is 0 Å². The van der Waals surface area contributed by atoms with E-state index < -0.39 is 6.10 Å². The third-order valence-electron chi connectivity index (χ3n) is 5.52. The molecule has 0 aromatic heterocycles. The second-order valence-corrected chi connectivity index (χ2v) is 7.13. The number of nitrogens with zero attached hydrogens (tertiary/aromatic N) is 1. The van der Waals surface area contributed by atoms with E-state index in [1.807, 2.05) is 36.4 Å². The molecular formula is C21H25NO3. The molecule has 1 N–H and O–H groups in total. The number of aliphatic hydroxyl groups is 1. The average Bonchev–Trinajstić information content (AvgIpc) is 2.64. The van der Waals surface area contributed by atoms with E-state index in [0.717, 1.165) is 49.5 Å². The van der Waals surface area contributed by atoms with Crippen LogP contribution < -0.4 is 9.47 Å². The summed E-state index contributed by atoms with van der Waals surface area (Å²) in [6.45, 7) is 2.82. The summed E-state index contributed by atoms with van der Waals surface area (Å²) in [7, 11) is 1.72. The Balaban J connectivity index is 1.43. The number of hydrogen-bond donors (Lipinski definition) is 1. The number of piperidine rings is 1. The van der Waals surface area contributed by atoms with Gasteiger partial charge in [0.2, 0.25) is 0 Å². The highest BCUT2D eigenvalue weighted by molar-refractivity contribution is 5.38. The quantitative estimate of drug-likeness (QED) is 0.929. The van der Waals surface area contributed by atoms with Gasteiger partial charge in [0.15, 0.2) is 0 Å². The molecular weight excluding hydrogens is 314 g/mol. The fraction of sp³-hybridized carbons (Fsp3) is 0.429. The van der Waals surface area contributed by atoms with Crippen LogP contribution in [0.25, 0.3) is 0 Å². The second kappa shape index (κ2) is 6.70. The first kappa shape index (κ1) is 16.4. The van der Waals surface area contributed by atoms with Crippen LogP contribution in [0.3, 0.4) is 0 Å². The van der Waals surface area contributed by atoms with Gasteiger partial charge >= 0.3 is 0 Å². The summed E-state index contributed by atoms with van der Waals surface area (Å²) in [5, 5.41) is 10.5. The first-order chi connectivity index (χ1) is 12.2. The minimum atomic E-state index is -0.425. The van der Waals surface area contributed by atoms with Gasteiger partial charge in [0.25, 0.3) is 0 Å². The third-order valence-corrected chi connectivity index (χ3v) is 5.52. The molecule has 4 nitrogen and oxygen atoms in total. The Kier molecular flexibility index (Phi) is 4.40. The molecule has 2 aromatic rings. The molecule has 2 heterocycles. The van der Waals surface area contributed by atoms with Crippen LogP contribution in [0.4, 0.5) is 0 Å². The number of fused-ring (bicyclic) bond motifs is 1. The van der Waals surface area contributed by atoms with Crippen LogP contribution >= 0.6 is 0 Å². The van der Waals surface area contributed by atoms with E-state index in [1.165, 1.54) is 5.56 Å². The van der Waals surface area contributed by atoms with Gasteiger partial charge in [0.1, 0.15) is 17.1 Å². The molecule has 4 rings (SSSR count). The van der Waals surface area contributed by atoms with Crippen LogP contribution in [-0.4, -0.2) is 35.8 Å². The molecule has 4 heteroatoms. The molecule has 0 aliphatic carbocycles. The highest BCUT2D eigenvalue weighted by Gasteiger charge is 2.42. The molecule has 0 saturated carbocycles. The smallest absolute Gasteiger partial charge is 0.125 e. The van der Waals surface area contributed by atoms with Crippen LogP contribution in [0.1, 0.15) is 36.5 Å². The van der Waals surface area contributed by atoms with E-state index in [4.69, 9.17) is 9.47 Å². The van der Waals surface area contributed by atoms with Gasteiger partial charge in [-0.3, -0.25) is 4.90 Å². The first-order valence-electron chi connectivity index (χ1n) is 8.99. The Morgan fingerprint density at radius 2 is 1.84 bits per heavy atom. The summed E-state index contributed by atoms with van der Waals surface area (Å²) in [6.07, 6.45) is 2.14. The average molecular weight is 339 g/mol. The molecule has 0 amide bonds. The van der Waals surface area contributed by atoms with Gasteiger partial charge in [0, 0.05) is 37.2 Å². The van der Waals surface area contributed by atoms with Crippen molar-refractivity contribution >= 4 is 0 Å². The van der Waals surface area contributed by atoms with Crippen LogP contribution in [0.15, 0.2) is 48.5 Å². The number of ether oxygens (including phenoxy) is 2. The second-order valence-electron chi connectivity index (χ2n) is 7.13. The van der Waals surface area contributed by atoms with E-state index >= 15 is 0 Å². The number of aliphatic hydroxyl groups excluding tert-OH is 1. The maximum Gasteiger partial charge on any atom is 0.125 e. The topological polar surface area (TPSA) is 41.9 Å². The fourth-order valence-electron chi connectivity index (χ4n) is 4.09. The summed E-state index contributed by atoms with van der Waals surface area (Å²) in [6, 6.07) is 16.1. The lowest BCUT2D eigenvalue weighted by Crippen LogP contribution is -2.50. The van der Waals surface area contributed by atoms with E-state index in [0.29, 0.717) is 6.42 Å². The predicted octanol–water partition coefficient (Wildman–Crippen LogP) is 3.55. The first-order valence-corrected chi connectivity index (χ1v) is 8.99. The minimum Gasteiger partial charge on any atom is -0.496 e. The molecule has 1 fully saturated rings. The molecule has 1 saturated heterocycles. The molecule has 2 aromatic carbocycles. The molecule has 0 bridgehead atoms. The number of methoxy groups -OCH3 is 1. The predicted molar refractivity (Wildman–Crippen MR) is 96.9 cm³/mol. The highest BCUT2D eigenvalue weighted by atomic mass is 16.5. The van der Waals surface area contributed by atoms with Gasteiger partial charge in [0.05, 0.1) is 13.2 Å². The number of hydrogen-bond acceptors (Lipinski definition) is 4. The number of para-hydroxylation sites is 2. The third kappa shape index (κ3) is 3.24. The maximum absolute atomic E-state index is 10.5. The lowest BCUT2D eigenvalue weighted by molar-refractivity contribution is -0.0551. The fourth-order valence-corrected chi connectivity index (χ4v) is 4.09. The van der Waals surface area contributed by atoms with Gasteiger partial charge < -0.3 is 14.6 Å². The van der Waals surface area contributed by atoms with Gasteiger partial charge in [-0.2, -0.15) is 0 Å². The van der Waals surface area contributed by atoms with E-state index in [9.17, 15) is 5.11 Å². The number of rotatable bonds is 3. The molecule has 0 radical (unpaired) electrons. The normalized spacial score (nSPS) is 22.2. The van der Waals surface area contributed by atoms with Gasteiger partial charge in [-0.25, -0.2) is 0 Å². The zero-order valence-corrected chi connectivity index (χ0v) is 14.6. The van der Waals surface area contributed by atoms with Gasteiger partial charge in [-0.15, -0.1) is 0 Å². The van der Waals surface area contributed by atoms with Crippen LogP contribution in [0.5, 0.6) is 11.5 Å². The van der Waals surface area contributed by atoms with E-state index in [1.54, 1.807) is 7.11 Å². The Bertz CT molecular complexity index is 737. The lowest BCUT2D eigenvalue weighted by atomic mass is 9.81. The van der Waals surface area contributed by atoms with Crippen molar-refractivity contribution in [3.8, 4) is 11.5 Å². The molecule has 132 valence electrons. The Hall–Kier alpha value is -2.04. The van der Waals surface area contributed by atoms with E-state index in [-0.39, 0.29) is 5.60 Å². The monoisotopic (exact) mass is 339 g/mol. The van der Waals surface area contributed by atoms with Crippen LogP contribution in [0, 0.1) is 0 Å². The molecule has 2 aliphatic rings. The highest BCUT2D eigenvalue weighted by Crippen LogP contribution is 2.44. The van der Waals surface area contributed by atoms with Crippen molar-refractivity contribution in [2.45, 2.75) is 37.5 Å². The zero-order chi connectivity index (χ0) is 17.3. The summed E-state index contributed by atoms with van der Waals surface area (Å²) in [5.41, 5.74) is 1.91. The standard InChI is InChI=1S/C21H25NO3/c1-24-19-8-4-2-6-16(19)15-22-12-10-21(11-13-22)14-18(23)17-7-3-5-9-20(17)25-21/h2-9,18,23H,10-15H2,1H3. The summed E-state index contributed by atoms with van der Waals surface area (Å²) < 4.78 is 11.8. The maximum atomic E-state index is 10.5. The van der Waals surface area contributed by atoms with Gasteiger partial charge in [-0.05, 0) is 25.0 Å². The summed E-state index contributed by atoms with van der Waals surface area (Å²) in [4.78, 5) is 2.44. The Morgan fingerprint density at radius 1 is 1.12 bits per heavy atom. The largest absolute Gasteiger partial charge is 0.496 e. The van der Waals surface area contributed by atoms with Gasteiger partial charge in [-0.1, -0.05) is 36.4 Å². The van der Waals surface area contributed by atoms with E-state index in [2.05, 4.69) is 17.0 Å². The lowest BCUT2D eigenvalue weighted by Gasteiger charge is -2.46. The molecule has 1 unspecified atom stereocenters. The van der Waals surface area contributed by atoms with Crippen molar-refractivity contribution in [1.29, 1.82) is 0 Å². The molecule has 2 aliphatic heterocycles. The zero-order valence-electron chi connectivity index (χ0n) is 14.6. The number of benzene rings is 2. The van der Waals surface area contributed by atoms with Crippen molar-refractivity contribution in [3.05, 3.63) is 59.7 Å². The number of likely N-dealkylation sites (tertiary alicyclic amines) is 1. The van der Waals surface area contributed by atoms with Crippen LogP contribution in [-0.2, 0) is 6.54 Å². The van der Waals surface area contributed by atoms with Crippen molar-refractivity contribution < 1.29 is 14.6 Å². The molecule has 1 atom stereocenters. The van der Waals surface area contributed by atoms with Crippen molar-refractivity contribution in [2.24, 2.45) is 0 Å². The Labute approximate surface area is 149 Å². The minimum absolute atomic E-state index is 0.231. The Morgan fingerprint density at radius 3 is 2.64 bits per heavy atom. The molecule has 25 heavy (non-hydrogen) atoms. The van der Waals surface area contributed by atoms with Crippen molar-refractivity contribution in [3.63, 3.8) is 0 Å².